The Morgan fingerprint density at radius 1 is 0.480 bits per heavy atom. The molecule has 0 saturated heterocycles. The van der Waals surface area contributed by atoms with Crippen LogP contribution in [0.25, 0.3) is 0 Å². The minimum Gasteiger partial charge on any atom is -0.281 e. The third-order valence-electron chi connectivity index (χ3n) is 1.03. The number of hydrogen-bond acceptors (Lipinski definition) is 6. The van der Waals surface area contributed by atoms with Crippen LogP contribution in [0.1, 0.15) is 55.4 Å². The van der Waals surface area contributed by atoms with Crippen LogP contribution in [-0.2, 0) is 30.7 Å². The Labute approximate surface area is 168 Å². The molecule has 0 heterocycles. The minimum atomic E-state index is 0. The Morgan fingerprint density at radius 2 is 0.520 bits per heavy atom. The first-order chi connectivity index (χ1) is 11.1. The van der Waals surface area contributed by atoms with E-state index in [1.807, 2.05) is 79.7 Å². The van der Waals surface area contributed by atoms with Crippen LogP contribution < -0.4 is 0 Å². The van der Waals surface area contributed by atoms with E-state index in [9.17, 15) is 0 Å². The third kappa shape index (κ3) is 245. The predicted octanol–water partition coefficient (Wildman–Crippen LogP) is 3.87. The first kappa shape index (κ1) is 43.5. The molecular weight excluding hydrogens is 488 g/mol. The summed E-state index contributed by atoms with van der Waals surface area (Å²) >= 11 is 0. The molecule has 0 aliphatic carbocycles. The van der Waals surface area contributed by atoms with Crippen molar-refractivity contribution in [1.29, 1.82) is 21.0 Å². The van der Waals surface area contributed by atoms with Gasteiger partial charge in [-0.2, -0.15) is 21.0 Å². The van der Waals surface area contributed by atoms with Gasteiger partial charge in [-0.3, -0.25) is 9.59 Å². The summed E-state index contributed by atoms with van der Waals surface area (Å²) in [5, 5.41) is 31.6. The topological polar surface area (TPSA) is 129 Å². The molecule has 0 bridgehead atoms. The van der Waals surface area contributed by atoms with E-state index in [-0.39, 0.29) is 44.7 Å². The summed E-state index contributed by atoms with van der Waals surface area (Å²) in [6, 6.07) is 8.11. The Kier molecular flexibility index (Phi) is 86.1. The molecule has 0 aromatic rings. The van der Waals surface area contributed by atoms with E-state index in [0.717, 1.165) is 0 Å². The summed E-state index contributed by atoms with van der Waals surface area (Å²) < 4.78 is 0. The van der Waals surface area contributed by atoms with Crippen LogP contribution in [0, 0.1) is 69.0 Å². The van der Waals surface area contributed by atoms with Crippen LogP contribution in [0.5, 0.6) is 0 Å². The number of hydrogen-bond donors (Lipinski definition) is 0. The molecule has 0 aromatic carbocycles. The van der Waals surface area contributed by atoms with Gasteiger partial charge in [0.1, 0.15) is 0 Å². The van der Waals surface area contributed by atoms with Crippen LogP contribution in [0.3, 0.4) is 0 Å². The second kappa shape index (κ2) is 49.5. The molecule has 0 saturated carbocycles. The zero-order valence-corrected chi connectivity index (χ0v) is 19.3. The molecular formula is C18H28N4O2W. The number of nitrogens with zero attached hydrogens (tertiary/aromatic N) is 4. The second-order valence-electron chi connectivity index (χ2n) is 5.14. The zero-order chi connectivity index (χ0) is 21.1. The fraction of sp³-hybridized carbons (Fsp3) is 0.667. The predicted molar refractivity (Wildman–Crippen MR) is 93.2 cm³/mol. The van der Waals surface area contributed by atoms with Gasteiger partial charge in [-0.15, -0.1) is 0 Å². The maximum atomic E-state index is 7.89. The molecule has 0 rings (SSSR count). The van der Waals surface area contributed by atoms with Crippen LogP contribution >= 0.6 is 0 Å². The minimum absolute atomic E-state index is 0. The summed E-state index contributed by atoms with van der Waals surface area (Å²) in [4.78, 5) is 15.0. The molecule has 6 nitrogen and oxygen atoms in total. The number of rotatable bonds is 0. The van der Waals surface area contributed by atoms with E-state index < -0.39 is 0 Å². The molecule has 25 heavy (non-hydrogen) atoms. The summed E-state index contributed by atoms with van der Waals surface area (Å²) in [5.41, 5.74) is 0. The van der Waals surface area contributed by atoms with Crippen molar-refractivity contribution in [1.82, 2.24) is 0 Å². The largest absolute Gasteiger partial charge is 0.281 e. The molecule has 4 radical (unpaired) electrons. The Bertz CT molecular complexity index is 310. The van der Waals surface area contributed by atoms with Crippen molar-refractivity contribution in [3.05, 3.63) is 0 Å². The molecule has 0 spiro atoms. The van der Waals surface area contributed by atoms with Gasteiger partial charge in [-0.05, 0) is 55.4 Å². The first-order valence-corrected chi connectivity index (χ1v) is 7.08. The van der Waals surface area contributed by atoms with Gasteiger partial charge in [-0.1, -0.05) is 0 Å². The van der Waals surface area contributed by atoms with Crippen molar-refractivity contribution in [2.45, 2.75) is 55.4 Å². The van der Waals surface area contributed by atoms with Crippen molar-refractivity contribution in [3.8, 4) is 24.3 Å². The normalized spacial score (nSPS) is 6.40. The Hall–Kier alpha value is -2.01. The molecule has 0 atom stereocenters. The Morgan fingerprint density at radius 3 is 0.520 bits per heavy atom. The molecule has 0 N–H and O–H groups in total. The van der Waals surface area contributed by atoms with Crippen molar-refractivity contribution >= 4 is 13.6 Å². The first-order valence-electron chi connectivity index (χ1n) is 7.08. The number of carbonyl (C=O) groups excluding carboxylic acids is 2. The van der Waals surface area contributed by atoms with Gasteiger partial charge in [0.05, 0.1) is 24.3 Å². The summed E-state index contributed by atoms with van der Waals surface area (Å²) in [5.74, 6) is 0.759. The van der Waals surface area contributed by atoms with Crippen LogP contribution in [-0.4, -0.2) is 13.6 Å². The van der Waals surface area contributed by atoms with Crippen LogP contribution in [0.2, 0.25) is 0 Å². The molecule has 0 amide bonds. The molecule has 7 heteroatoms. The van der Waals surface area contributed by atoms with Gasteiger partial charge in [0.2, 0.25) is 0 Å². The van der Waals surface area contributed by atoms with E-state index in [0.29, 0.717) is 0 Å². The van der Waals surface area contributed by atoms with E-state index in [1.54, 1.807) is 0 Å². The van der Waals surface area contributed by atoms with Crippen molar-refractivity contribution < 1.29 is 30.7 Å². The smallest absolute Gasteiger partial charge is 0.281 e. The maximum absolute atomic E-state index is 7.89. The molecule has 0 unspecified atom stereocenters. The van der Waals surface area contributed by atoms with Crippen LogP contribution in [0.15, 0.2) is 0 Å². The van der Waals surface area contributed by atoms with Crippen molar-refractivity contribution in [3.63, 3.8) is 0 Å². The standard InChI is InChI=1S/4C4H7N.2CO.W/c4*1-4(2)3-5;2*1-2;/h4*4H,1-2H3;;;. The van der Waals surface area contributed by atoms with Crippen LogP contribution in [0.4, 0.5) is 0 Å². The third-order valence-corrected chi connectivity index (χ3v) is 1.03. The van der Waals surface area contributed by atoms with E-state index in [2.05, 4.69) is 13.6 Å². The second-order valence-corrected chi connectivity index (χ2v) is 5.14. The van der Waals surface area contributed by atoms with Gasteiger partial charge < -0.3 is 0 Å². The van der Waals surface area contributed by atoms with Crippen molar-refractivity contribution in [2.75, 3.05) is 0 Å². The molecule has 138 valence electrons. The molecule has 0 aliphatic heterocycles. The fourth-order valence-corrected chi connectivity index (χ4v) is 0. The SMILES string of the molecule is CC(C)C#N.CC(C)C#N.CC(C)C#N.CC(C)C#N.[C]=O.[C]=O.[W]. The average molecular weight is 516 g/mol. The summed E-state index contributed by atoms with van der Waals surface area (Å²) in [6.07, 6.45) is 0. The van der Waals surface area contributed by atoms with Gasteiger partial charge in [0.25, 0.3) is 13.6 Å². The molecule has 0 aromatic heterocycles. The zero-order valence-electron chi connectivity index (χ0n) is 16.3. The van der Waals surface area contributed by atoms with E-state index >= 15 is 0 Å². The van der Waals surface area contributed by atoms with E-state index in [1.165, 1.54) is 0 Å². The molecule has 0 fully saturated rings. The Balaban J connectivity index is -0.0000000319. The monoisotopic (exact) mass is 516 g/mol. The van der Waals surface area contributed by atoms with Gasteiger partial charge in [0.15, 0.2) is 0 Å². The van der Waals surface area contributed by atoms with Crippen molar-refractivity contribution in [2.24, 2.45) is 23.7 Å². The quantitative estimate of drug-likeness (QED) is 0.481. The van der Waals surface area contributed by atoms with Gasteiger partial charge in [-0.25, -0.2) is 0 Å². The number of nitriles is 4. The maximum Gasteiger partial charge on any atom is 0.281 e. The average Bonchev–Trinajstić information content (AvgIpc) is 2.59. The van der Waals surface area contributed by atoms with E-state index in [4.69, 9.17) is 30.6 Å². The summed E-state index contributed by atoms with van der Waals surface area (Å²) in [6.45, 7) is 23.9. The summed E-state index contributed by atoms with van der Waals surface area (Å²) in [7, 11) is 0. The van der Waals surface area contributed by atoms with Gasteiger partial charge in [0, 0.05) is 44.7 Å². The van der Waals surface area contributed by atoms with Gasteiger partial charge >= 0.3 is 0 Å². The fourth-order valence-electron chi connectivity index (χ4n) is 0. The molecule has 0 aliphatic rings.